The van der Waals surface area contributed by atoms with Crippen molar-refractivity contribution >= 4 is 17.0 Å². The average Bonchev–Trinajstić information content (AvgIpc) is 2.45. The lowest BCUT2D eigenvalue weighted by molar-refractivity contribution is 0.238. The number of rotatable bonds is 1. The molecular weight excluding hydrogens is 206 g/mol. The van der Waals surface area contributed by atoms with Crippen LogP contribution in [0.3, 0.4) is 0 Å². The molecule has 0 aromatic carbocycles. The standard InChI is InChI=1S/C8H13NOS.C4H8/c1-6(2)4-7-5-9(3)8(10)11-7;1-3-4-2/h4,7H,5H2,1-3H3;3-4H,1-2H3/b;4-3-. The number of carbonyl (C=O) groups excluding carboxylic acids is 1. The SMILES string of the molecule is C/C=C\C.CC(C)=CC1CN(C)C(=O)S1. The summed E-state index contributed by atoms with van der Waals surface area (Å²) in [5, 5.41) is 0.560. The predicted octanol–water partition coefficient (Wildman–Crippen LogP) is 3.70. The van der Waals surface area contributed by atoms with E-state index in [4.69, 9.17) is 0 Å². The molecule has 1 heterocycles. The highest BCUT2D eigenvalue weighted by molar-refractivity contribution is 8.14. The van der Waals surface area contributed by atoms with E-state index < -0.39 is 0 Å². The smallest absolute Gasteiger partial charge is 0.282 e. The van der Waals surface area contributed by atoms with Crippen LogP contribution in [0.5, 0.6) is 0 Å². The second kappa shape index (κ2) is 7.57. The van der Waals surface area contributed by atoms with Crippen molar-refractivity contribution in [2.75, 3.05) is 13.6 Å². The summed E-state index contributed by atoms with van der Waals surface area (Å²) >= 11 is 1.41. The van der Waals surface area contributed by atoms with E-state index in [1.807, 2.05) is 33.0 Å². The summed E-state index contributed by atoms with van der Waals surface area (Å²) in [6.07, 6.45) is 6.14. The molecule has 2 nitrogen and oxygen atoms in total. The van der Waals surface area contributed by atoms with Gasteiger partial charge in [-0.1, -0.05) is 35.6 Å². The Morgan fingerprint density at radius 2 is 1.93 bits per heavy atom. The summed E-state index contributed by atoms with van der Waals surface area (Å²) in [5.74, 6) is 0. The number of allylic oxidation sites excluding steroid dienone is 3. The number of thioether (sulfide) groups is 1. The predicted molar refractivity (Wildman–Crippen MR) is 69.3 cm³/mol. The van der Waals surface area contributed by atoms with E-state index in [9.17, 15) is 4.79 Å². The quantitative estimate of drug-likeness (QED) is 0.637. The number of nitrogens with zero attached hydrogens (tertiary/aromatic N) is 1. The van der Waals surface area contributed by atoms with Crippen molar-refractivity contribution in [2.45, 2.75) is 32.9 Å². The molecule has 3 heteroatoms. The molecule has 0 N–H and O–H groups in total. The van der Waals surface area contributed by atoms with Gasteiger partial charge in [0.2, 0.25) is 0 Å². The Hall–Kier alpha value is -0.700. The van der Waals surface area contributed by atoms with Gasteiger partial charge in [0.25, 0.3) is 5.24 Å². The molecule has 0 spiro atoms. The molecule has 15 heavy (non-hydrogen) atoms. The Balaban J connectivity index is 0.000000423. The van der Waals surface area contributed by atoms with Gasteiger partial charge in [-0.3, -0.25) is 4.79 Å². The third-order valence-electron chi connectivity index (χ3n) is 1.87. The Kier molecular flexibility index (Phi) is 7.22. The van der Waals surface area contributed by atoms with E-state index in [1.165, 1.54) is 17.3 Å². The zero-order chi connectivity index (χ0) is 11.8. The lowest BCUT2D eigenvalue weighted by atomic mass is 10.2. The molecule has 0 radical (unpaired) electrons. The molecule has 1 saturated heterocycles. The zero-order valence-electron chi connectivity index (χ0n) is 10.3. The van der Waals surface area contributed by atoms with Crippen LogP contribution in [0.15, 0.2) is 23.8 Å². The van der Waals surface area contributed by atoms with Gasteiger partial charge in [0.05, 0.1) is 0 Å². The lowest BCUT2D eigenvalue weighted by Crippen LogP contribution is -2.18. The first-order valence-electron chi connectivity index (χ1n) is 5.15. The van der Waals surface area contributed by atoms with Crippen molar-refractivity contribution in [1.29, 1.82) is 0 Å². The van der Waals surface area contributed by atoms with Crippen LogP contribution < -0.4 is 0 Å². The Bertz CT molecular complexity index is 250. The van der Waals surface area contributed by atoms with Gasteiger partial charge in [-0.25, -0.2) is 0 Å². The molecule has 1 aliphatic heterocycles. The fraction of sp³-hybridized carbons (Fsp3) is 0.583. The van der Waals surface area contributed by atoms with Crippen LogP contribution in [-0.2, 0) is 0 Å². The molecule has 86 valence electrons. The van der Waals surface area contributed by atoms with E-state index in [2.05, 4.69) is 19.9 Å². The minimum atomic E-state index is 0.188. The first kappa shape index (κ1) is 14.3. The molecule has 0 aromatic rings. The minimum absolute atomic E-state index is 0.188. The summed E-state index contributed by atoms with van der Waals surface area (Å²) in [6, 6.07) is 0. The Morgan fingerprint density at radius 3 is 2.20 bits per heavy atom. The van der Waals surface area contributed by atoms with Crippen LogP contribution >= 0.6 is 11.8 Å². The molecule has 1 amide bonds. The normalized spacial score (nSPS) is 20.2. The van der Waals surface area contributed by atoms with Gasteiger partial charge >= 0.3 is 0 Å². The largest absolute Gasteiger partial charge is 0.335 e. The van der Waals surface area contributed by atoms with Gasteiger partial charge in [0, 0.05) is 18.8 Å². The molecule has 1 unspecified atom stereocenters. The van der Waals surface area contributed by atoms with Crippen molar-refractivity contribution in [3.05, 3.63) is 23.8 Å². The summed E-state index contributed by atoms with van der Waals surface area (Å²) in [5.41, 5.74) is 1.28. The van der Waals surface area contributed by atoms with Crippen molar-refractivity contribution < 1.29 is 4.79 Å². The number of amides is 1. The maximum absolute atomic E-state index is 11.0. The second-order valence-electron chi connectivity index (χ2n) is 3.71. The van der Waals surface area contributed by atoms with Gasteiger partial charge in [-0.05, 0) is 27.7 Å². The molecule has 1 atom stereocenters. The number of hydrogen-bond donors (Lipinski definition) is 0. The molecule has 0 bridgehead atoms. The second-order valence-corrected chi connectivity index (χ2v) is 4.90. The maximum Gasteiger partial charge on any atom is 0.282 e. The number of carbonyl (C=O) groups is 1. The Labute approximate surface area is 97.4 Å². The van der Waals surface area contributed by atoms with Gasteiger partial charge in [0.1, 0.15) is 0 Å². The van der Waals surface area contributed by atoms with Crippen molar-refractivity contribution in [3.8, 4) is 0 Å². The molecule has 1 aliphatic rings. The lowest BCUT2D eigenvalue weighted by Gasteiger charge is -2.04. The summed E-state index contributed by atoms with van der Waals surface area (Å²) in [7, 11) is 1.84. The van der Waals surface area contributed by atoms with Crippen LogP contribution in [-0.4, -0.2) is 29.0 Å². The minimum Gasteiger partial charge on any atom is -0.335 e. The van der Waals surface area contributed by atoms with Crippen molar-refractivity contribution in [2.24, 2.45) is 0 Å². The van der Waals surface area contributed by atoms with Crippen LogP contribution in [0.25, 0.3) is 0 Å². The third-order valence-corrected chi connectivity index (χ3v) is 2.97. The van der Waals surface area contributed by atoms with Crippen LogP contribution in [0.2, 0.25) is 0 Å². The molecule has 1 rings (SSSR count). The van der Waals surface area contributed by atoms with Gasteiger partial charge in [-0.15, -0.1) is 0 Å². The van der Waals surface area contributed by atoms with E-state index in [1.54, 1.807) is 4.90 Å². The molecule has 0 aromatic heterocycles. The summed E-state index contributed by atoms with van der Waals surface area (Å²) in [6.45, 7) is 8.97. The fourth-order valence-electron chi connectivity index (χ4n) is 1.06. The van der Waals surface area contributed by atoms with Gasteiger partial charge < -0.3 is 4.90 Å². The average molecular weight is 227 g/mol. The maximum atomic E-state index is 11.0. The monoisotopic (exact) mass is 227 g/mol. The fourth-order valence-corrected chi connectivity index (χ4v) is 2.21. The highest BCUT2D eigenvalue weighted by atomic mass is 32.2. The van der Waals surface area contributed by atoms with Crippen molar-refractivity contribution in [1.82, 2.24) is 4.90 Å². The highest BCUT2D eigenvalue weighted by Crippen LogP contribution is 2.25. The molecule has 1 fully saturated rings. The van der Waals surface area contributed by atoms with E-state index in [0.29, 0.717) is 5.25 Å². The molecule has 0 saturated carbocycles. The van der Waals surface area contributed by atoms with E-state index in [0.717, 1.165) is 6.54 Å². The highest BCUT2D eigenvalue weighted by Gasteiger charge is 2.25. The number of hydrogen-bond acceptors (Lipinski definition) is 2. The zero-order valence-corrected chi connectivity index (χ0v) is 11.1. The van der Waals surface area contributed by atoms with Crippen LogP contribution in [0.1, 0.15) is 27.7 Å². The Morgan fingerprint density at radius 1 is 1.40 bits per heavy atom. The summed E-state index contributed by atoms with van der Waals surface area (Å²) in [4.78, 5) is 12.8. The van der Waals surface area contributed by atoms with E-state index >= 15 is 0 Å². The van der Waals surface area contributed by atoms with Crippen LogP contribution in [0, 0.1) is 0 Å². The molecular formula is C12H21NOS. The van der Waals surface area contributed by atoms with Crippen LogP contribution in [0.4, 0.5) is 4.79 Å². The van der Waals surface area contributed by atoms with E-state index in [-0.39, 0.29) is 5.24 Å². The first-order chi connectivity index (χ1) is 7.01. The molecule has 0 aliphatic carbocycles. The summed E-state index contributed by atoms with van der Waals surface area (Å²) < 4.78 is 0. The van der Waals surface area contributed by atoms with Gasteiger partial charge in [-0.2, -0.15) is 0 Å². The topological polar surface area (TPSA) is 20.3 Å². The first-order valence-corrected chi connectivity index (χ1v) is 6.03. The van der Waals surface area contributed by atoms with Gasteiger partial charge in [0.15, 0.2) is 0 Å². The van der Waals surface area contributed by atoms with Crippen molar-refractivity contribution in [3.63, 3.8) is 0 Å². The third kappa shape index (κ3) is 6.39.